The van der Waals surface area contributed by atoms with E-state index in [4.69, 9.17) is 8.54 Å². The maximum Gasteiger partial charge on any atom is 0.329 e. The van der Waals surface area contributed by atoms with Crippen molar-refractivity contribution in [3.8, 4) is 0 Å². The van der Waals surface area contributed by atoms with E-state index in [9.17, 15) is 4.80 Å². The molecule has 8 unspecified atom stereocenters. The van der Waals surface area contributed by atoms with E-state index >= 15 is 0 Å². The Kier molecular flexibility index (Phi) is 28.4. The number of hydrogen-bond acceptors (Lipinski definition) is 3. The maximum absolute atomic E-state index is 12.4. The molecule has 0 aromatic heterocycles. The minimum absolute atomic E-state index is 0.135. The van der Waals surface area contributed by atoms with Crippen LogP contribution in [0.1, 0.15) is 166 Å². The molecule has 0 fully saturated rings. The molecule has 0 bridgehead atoms. The zero-order chi connectivity index (χ0) is 43.9. The van der Waals surface area contributed by atoms with Gasteiger partial charge in [-0.25, -0.2) is 0 Å². The fourth-order valence-electron chi connectivity index (χ4n) is 8.83. The Bertz CT molecular complexity index is 1500. The van der Waals surface area contributed by atoms with Gasteiger partial charge in [0.2, 0.25) is 0 Å². The van der Waals surface area contributed by atoms with Crippen molar-refractivity contribution in [2.45, 2.75) is 179 Å². The van der Waals surface area contributed by atoms with Crippen molar-refractivity contribution in [2.24, 2.45) is 11.8 Å². The second-order valence-electron chi connectivity index (χ2n) is 17.6. The molecule has 0 radical (unpaired) electrons. The highest BCUT2D eigenvalue weighted by molar-refractivity contribution is 6.80. The summed E-state index contributed by atoms with van der Waals surface area (Å²) in [6.45, 7) is 21.5. The van der Waals surface area contributed by atoms with Crippen molar-refractivity contribution in [2.75, 3.05) is 7.11 Å². The number of hydrogen-bond donors (Lipinski definition) is 1. The van der Waals surface area contributed by atoms with Gasteiger partial charge in [0, 0.05) is 18.2 Å². The fourth-order valence-corrected chi connectivity index (χ4v) is 16.7. The molecule has 0 amide bonds. The molecule has 2 rings (SSSR count). The highest BCUT2D eigenvalue weighted by Gasteiger charge is 2.48. The summed E-state index contributed by atoms with van der Waals surface area (Å²) in [6, 6.07) is 21.9. The van der Waals surface area contributed by atoms with Gasteiger partial charge in [0.05, 0.1) is 0 Å². The van der Waals surface area contributed by atoms with Crippen LogP contribution < -0.4 is 0 Å². The smallest absolute Gasteiger partial charge is 0.329 e. The molecule has 8 atom stereocenters. The Balaban J connectivity index is 2.12. The maximum atomic E-state index is 12.4. The quantitative estimate of drug-likeness (QED) is 0.0426. The van der Waals surface area contributed by atoms with Crippen molar-refractivity contribution in [3.05, 3.63) is 146 Å². The zero-order valence-corrected chi connectivity index (χ0v) is 41.4. The highest BCUT2D eigenvalue weighted by atomic mass is 28.5. The van der Waals surface area contributed by atoms with Gasteiger partial charge in [0.25, 0.3) is 0 Å². The molecule has 3 nitrogen and oxygen atoms in total. The van der Waals surface area contributed by atoms with Gasteiger partial charge in [-0.2, -0.15) is 0 Å². The first-order chi connectivity index (χ1) is 29.1. The monoisotopic (exact) mass is 853 g/mol. The molecule has 334 valence electrons. The van der Waals surface area contributed by atoms with Crippen LogP contribution in [-0.2, 0) is 8.54 Å². The third-order valence-corrected chi connectivity index (χ3v) is 21.0. The molecule has 5 heteroatoms. The lowest BCUT2D eigenvalue weighted by Gasteiger charge is -2.41. The SMILES string of the molecule is C=CC(CC/C=C/CC(CCCCC)[Si](C)(O)O[Si](C)(OC)C(C/C=C/CCC(C=C)CC(C/C=C/C)c1ccccc1)CCCCC)CC(C/C=C/C)c1ccccc1. The van der Waals surface area contributed by atoms with Crippen LogP contribution in [0.4, 0.5) is 0 Å². The average Bonchev–Trinajstić information content (AvgIpc) is 3.26. The average molecular weight is 853 g/mol. The predicted molar refractivity (Wildman–Crippen MR) is 269 cm³/mol. The molecule has 2 aromatic carbocycles. The van der Waals surface area contributed by atoms with E-state index < -0.39 is 17.1 Å². The minimum Gasteiger partial charge on any atom is -0.414 e. The Hall–Kier alpha value is -2.81. The molecular weight excluding hydrogens is 765 g/mol. The highest BCUT2D eigenvalue weighted by Crippen LogP contribution is 2.40. The number of benzene rings is 2. The third kappa shape index (κ3) is 20.8. The molecule has 0 saturated heterocycles. The normalized spacial score (nSPS) is 17.4. The number of allylic oxidation sites excluding steroid dienone is 10. The summed E-state index contributed by atoms with van der Waals surface area (Å²) in [5, 5.41) is 0. The van der Waals surface area contributed by atoms with Crippen LogP contribution in [0.3, 0.4) is 0 Å². The largest absolute Gasteiger partial charge is 0.414 e. The molecule has 0 aliphatic heterocycles. The van der Waals surface area contributed by atoms with Crippen LogP contribution >= 0.6 is 0 Å². The first kappa shape index (κ1) is 53.3. The molecule has 0 saturated carbocycles. The summed E-state index contributed by atoms with van der Waals surface area (Å²) < 4.78 is 13.6. The third-order valence-electron chi connectivity index (χ3n) is 12.9. The van der Waals surface area contributed by atoms with Gasteiger partial charge < -0.3 is 13.3 Å². The summed E-state index contributed by atoms with van der Waals surface area (Å²) in [7, 11) is -4.02. The van der Waals surface area contributed by atoms with Gasteiger partial charge in [0.15, 0.2) is 0 Å². The predicted octanol–water partition coefficient (Wildman–Crippen LogP) is 17.0. The van der Waals surface area contributed by atoms with Crippen molar-refractivity contribution in [1.29, 1.82) is 0 Å². The lowest BCUT2D eigenvalue weighted by atomic mass is 9.84. The first-order valence-electron chi connectivity index (χ1n) is 24.0. The molecule has 0 spiro atoms. The summed E-state index contributed by atoms with van der Waals surface area (Å²) in [6.07, 6.45) is 42.2. The lowest BCUT2D eigenvalue weighted by molar-refractivity contribution is 0.240. The van der Waals surface area contributed by atoms with Gasteiger partial charge in [-0.05, 0) is 139 Å². The Labute approximate surface area is 372 Å². The van der Waals surface area contributed by atoms with E-state index in [1.165, 1.54) is 36.8 Å². The summed E-state index contributed by atoms with van der Waals surface area (Å²) in [5.41, 5.74) is 3.26. The van der Waals surface area contributed by atoms with Crippen LogP contribution in [-0.4, -0.2) is 29.0 Å². The van der Waals surface area contributed by atoms with Crippen LogP contribution in [0.25, 0.3) is 0 Å². The minimum atomic E-state index is -3.12. The van der Waals surface area contributed by atoms with Gasteiger partial charge in [-0.1, -0.05) is 174 Å². The Morgan fingerprint density at radius 3 is 1.42 bits per heavy atom. The summed E-state index contributed by atoms with van der Waals surface area (Å²) in [4.78, 5) is 12.4. The molecule has 0 heterocycles. The van der Waals surface area contributed by atoms with Crippen LogP contribution in [0, 0.1) is 11.8 Å². The molecular formula is C55H88O3Si2. The molecule has 0 aliphatic rings. The Morgan fingerprint density at radius 1 is 0.583 bits per heavy atom. The molecule has 2 aromatic rings. The second-order valence-corrected chi connectivity index (χ2v) is 24.6. The molecule has 0 aliphatic carbocycles. The zero-order valence-electron chi connectivity index (χ0n) is 39.4. The molecule has 1 N–H and O–H groups in total. The Morgan fingerprint density at radius 2 is 1.02 bits per heavy atom. The van der Waals surface area contributed by atoms with Crippen molar-refractivity contribution < 1.29 is 13.3 Å². The van der Waals surface area contributed by atoms with Gasteiger partial charge in [0.1, 0.15) is 0 Å². The van der Waals surface area contributed by atoms with Crippen LogP contribution in [0.15, 0.2) is 135 Å². The topological polar surface area (TPSA) is 38.7 Å². The number of rotatable bonds is 35. The lowest BCUT2D eigenvalue weighted by Crippen LogP contribution is -2.55. The fraction of sp³-hybridized carbons (Fsp3) is 0.564. The van der Waals surface area contributed by atoms with Crippen molar-refractivity contribution in [3.63, 3.8) is 0 Å². The van der Waals surface area contributed by atoms with Crippen molar-refractivity contribution >= 4 is 17.1 Å². The van der Waals surface area contributed by atoms with Crippen LogP contribution in [0.2, 0.25) is 24.2 Å². The van der Waals surface area contributed by atoms with Gasteiger partial charge in [-0.3, -0.25) is 0 Å². The number of unbranched alkanes of at least 4 members (excludes halogenated alkanes) is 4. The van der Waals surface area contributed by atoms with E-state index in [0.717, 1.165) is 89.9 Å². The van der Waals surface area contributed by atoms with Gasteiger partial charge in [-0.15, -0.1) is 13.2 Å². The van der Waals surface area contributed by atoms with Gasteiger partial charge >= 0.3 is 17.1 Å². The molecule has 60 heavy (non-hydrogen) atoms. The van der Waals surface area contributed by atoms with E-state index in [2.05, 4.69) is 175 Å². The van der Waals surface area contributed by atoms with Crippen LogP contribution in [0.5, 0.6) is 0 Å². The standard InChI is InChI=1S/C55H88O3Si2/c1-10-16-24-42-54(43-32-20-26-34-48(14-5)46-52(36-18-12-3)50-38-28-22-29-39-50)59(8,56)58-60(9,57-7)55(44-25-17-11-2)45-33-21-27-35-49(15-6)47-53(37-19-13-4)51-40-30-23-31-41-51/h12-15,18-23,28-33,38-41,48-49,52-56H,5-6,10-11,16-17,24-27,34-37,42-47H2,1-4,7-9H3/b18-12+,19-13+,32-20+,33-21+. The van der Waals surface area contributed by atoms with E-state index in [1.54, 1.807) is 0 Å². The first-order valence-corrected chi connectivity index (χ1v) is 28.8. The second kappa shape index (κ2) is 32.0. The van der Waals surface area contributed by atoms with E-state index in [-0.39, 0.29) is 11.1 Å². The van der Waals surface area contributed by atoms with E-state index in [1.807, 2.05) is 7.11 Å². The summed E-state index contributed by atoms with van der Waals surface area (Å²) in [5.74, 6) is 1.93. The van der Waals surface area contributed by atoms with Crippen molar-refractivity contribution in [1.82, 2.24) is 0 Å². The summed E-state index contributed by atoms with van der Waals surface area (Å²) >= 11 is 0. The van der Waals surface area contributed by atoms with E-state index in [0.29, 0.717) is 23.7 Å².